The van der Waals surface area contributed by atoms with Gasteiger partial charge >= 0.3 is 0 Å². The minimum absolute atomic E-state index is 0.135. The molecule has 0 bridgehead atoms. The van der Waals surface area contributed by atoms with Gasteiger partial charge in [-0.2, -0.15) is 0 Å². The molecule has 0 aromatic heterocycles. The van der Waals surface area contributed by atoms with Crippen molar-refractivity contribution in [1.29, 1.82) is 0 Å². The summed E-state index contributed by atoms with van der Waals surface area (Å²) in [5, 5.41) is 13.4. The Morgan fingerprint density at radius 3 is 2.68 bits per heavy atom. The van der Waals surface area contributed by atoms with Crippen molar-refractivity contribution in [3.63, 3.8) is 0 Å². The SMILES string of the molecule is CC(C)C1CCCC(CN)(NC2CCCC2CO)C1. The van der Waals surface area contributed by atoms with Crippen LogP contribution in [0.4, 0.5) is 0 Å². The minimum Gasteiger partial charge on any atom is -0.396 e. The van der Waals surface area contributed by atoms with Gasteiger partial charge in [-0.3, -0.25) is 0 Å². The van der Waals surface area contributed by atoms with Crippen LogP contribution in [0.5, 0.6) is 0 Å². The third-order valence-electron chi connectivity index (χ3n) is 5.60. The van der Waals surface area contributed by atoms with Gasteiger partial charge in [-0.25, -0.2) is 0 Å². The summed E-state index contributed by atoms with van der Waals surface area (Å²) < 4.78 is 0. The number of hydrogen-bond donors (Lipinski definition) is 3. The van der Waals surface area contributed by atoms with Crippen LogP contribution in [0.25, 0.3) is 0 Å². The Bertz CT molecular complexity index is 282. The zero-order valence-corrected chi connectivity index (χ0v) is 12.7. The van der Waals surface area contributed by atoms with E-state index in [1.807, 2.05) is 0 Å². The van der Waals surface area contributed by atoms with Crippen molar-refractivity contribution in [2.45, 2.75) is 70.4 Å². The van der Waals surface area contributed by atoms with Gasteiger partial charge in [0.05, 0.1) is 0 Å². The molecule has 3 heteroatoms. The molecule has 0 aromatic carbocycles. The second-order valence-corrected chi connectivity index (χ2v) is 7.21. The van der Waals surface area contributed by atoms with Crippen LogP contribution in [0.15, 0.2) is 0 Å². The zero-order valence-electron chi connectivity index (χ0n) is 12.7. The van der Waals surface area contributed by atoms with E-state index < -0.39 is 0 Å². The van der Waals surface area contributed by atoms with Crippen molar-refractivity contribution in [1.82, 2.24) is 5.32 Å². The largest absolute Gasteiger partial charge is 0.396 e. The zero-order chi connectivity index (χ0) is 13.9. The fourth-order valence-corrected chi connectivity index (χ4v) is 4.19. The van der Waals surface area contributed by atoms with Gasteiger partial charge in [0.2, 0.25) is 0 Å². The number of nitrogens with two attached hydrogens (primary N) is 1. The van der Waals surface area contributed by atoms with Crippen molar-refractivity contribution >= 4 is 0 Å². The minimum atomic E-state index is 0.135. The summed E-state index contributed by atoms with van der Waals surface area (Å²) in [4.78, 5) is 0. The molecule has 0 amide bonds. The van der Waals surface area contributed by atoms with Crippen LogP contribution in [0.2, 0.25) is 0 Å². The smallest absolute Gasteiger partial charge is 0.0474 e. The van der Waals surface area contributed by atoms with Crippen molar-refractivity contribution in [3.05, 3.63) is 0 Å². The van der Waals surface area contributed by atoms with E-state index in [1.165, 1.54) is 44.9 Å². The van der Waals surface area contributed by atoms with Crippen molar-refractivity contribution in [2.75, 3.05) is 13.2 Å². The normalized spacial score (nSPS) is 39.9. The van der Waals surface area contributed by atoms with E-state index in [1.54, 1.807) is 0 Å². The Balaban J connectivity index is 2.01. The van der Waals surface area contributed by atoms with E-state index in [2.05, 4.69) is 19.2 Å². The van der Waals surface area contributed by atoms with E-state index >= 15 is 0 Å². The summed E-state index contributed by atoms with van der Waals surface area (Å²) in [6.45, 7) is 5.74. The summed E-state index contributed by atoms with van der Waals surface area (Å²) in [6.07, 6.45) is 8.70. The number of aliphatic hydroxyl groups is 1. The maximum atomic E-state index is 9.49. The van der Waals surface area contributed by atoms with Crippen molar-refractivity contribution in [3.8, 4) is 0 Å². The van der Waals surface area contributed by atoms with Gasteiger partial charge in [-0.05, 0) is 43.4 Å². The Hall–Kier alpha value is -0.120. The number of rotatable bonds is 5. The molecule has 19 heavy (non-hydrogen) atoms. The second kappa shape index (κ2) is 6.55. The van der Waals surface area contributed by atoms with Crippen LogP contribution in [-0.2, 0) is 0 Å². The lowest BCUT2D eigenvalue weighted by Gasteiger charge is -2.45. The molecular formula is C16H32N2O. The van der Waals surface area contributed by atoms with Crippen molar-refractivity contribution in [2.24, 2.45) is 23.5 Å². The maximum absolute atomic E-state index is 9.49. The Labute approximate surface area is 118 Å². The molecule has 2 rings (SSSR count). The summed E-state index contributed by atoms with van der Waals surface area (Å²) in [5.74, 6) is 2.01. The Morgan fingerprint density at radius 1 is 1.26 bits per heavy atom. The number of nitrogens with one attached hydrogen (secondary N) is 1. The molecule has 4 N–H and O–H groups in total. The van der Waals surface area contributed by atoms with Crippen LogP contribution in [0, 0.1) is 17.8 Å². The summed E-state index contributed by atoms with van der Waals surface area (Å²) in [7, 11) is 0. The first-order valence-electron chi connectivity index (χ1n) is 8.19. The van der Waals surface area contributed by atoms with Gasteiger partial charge < -0.3 is 16.2 Å². The molecule has 0 spiro atoms. The lowest BCUT2D eigenvalue weighted by atomic mass is 9.71. The lowest BCUT2D eigenvalue weighted by molar-refractivity contribution is 0.118. The third kappa shape index (κ3) is 3.50. The highest BCUT2D eigenvalue weighted by molar-refractivity contribution is 4.99. The quantitative estimate of drug-likeness (QED) is 0.717. The van der Waals surface area contributed by atoms with E-state index in [0.717, 1.165) is 18.4 Å². The first-order valence-corrected chi connectivity index (χ1v) is 8.19. The highest BCUT2D eigenvalue weighted by atomic mass is 16.3. The van der Waals surface area contributed by atoms with Crippen LogP contribution >= 0.6 is 0 Å². The van der Waals surface area contributed by atoms with Gasteiger partial charge in [0, 0.05) is 24.7 Å². The lowest BCUT2D eigenvalue weighted by Crippen LogP contribution is -2.58. The molecular weight excluding hydrogens is 236 g/mol. The standard InChI is InChI=1S/C16H32N2O/c1-12(2)13-6-4-8-16(9-13,11-17)18-15-7-3-5-14(15)10-19/h12-15,18-19H,3-11,17H2,1-2H3. The van der Waals surface area contributed by atoms with Gasteiger partial charge in [-0.15, -0.1) is 0 Å². The Kier molecular flexibility index (Phi) is 5.27. The van der Waals surface area contributed by atoms with Crippen LogP contribution in [-0.4, -0.2) is 29.8 Å². The molecule has 0 aliphatic heterocycles. The summed E-state index contributed by atoms with van der Waals surface area (Å²) in [5.41, 5.74) is 6.28. The van der Waals surface area contributed by atoms with E-state index in [-0.39, 0.29) is 5.54 Å². The molecule has 0 saturated heterocycles. The Morgan fingerprint density at radius 2 is 2.05 bits per heavy atom. The predicted octanol–water partition coefficient (Wildman–Crippen LogP) is 2.28. The summed E-state index contributed by atoms with van der Waals surface area (Å²) >= 11 is 0. The molecule has 2 fully saturated rings. The van der Waals surface area contributed by atoms with Crippen LogP contribution in [0.1, 0.15) is 58.8 Å². The van der Waals surface area contributed by atoms with Gasteiger partial charge in [0.15, 0.2) is 0 Å². The van der Waals surface area contributed by atoms with Gasteiger partial charge in [-0.1, -0.05) is 33.1 Å². The monoisotopic (exact) mass is 268 g/mol. The highest BCUT2D eigenvalue weighted by Crippen LogP contribution is 2.38. The molecule has 2 aliphatic rings. The molecule has 3 nitrogen and oxygen atoms in total. The average molecular weight is 268 g/mol. The van der Waals surface area contributed by atoms with Crippen LogP contribution < -0.4 is 11.1 Å². The molecule has 0 aromatic rings. The molecule has 4 atom stereocenters. The first kappa shape index (κ1) is 15.3. The van der Waals surface area contributed by atoms with E-state index in [4.69, 9.17) is 5.73 Å². The van der Waals surface area contributed by atoms with Gasteiger partial charge in [0.1, 0.15) is 0 Å². The fraction of sp³-hybridized carbons (Fsp3) is 1.00. The molecule has 4 unspecified atom stereocenters. The molecule has 112 valence electrons. The predicted molar refractivity (Wildman–Crippen MR) is 79.9 cm³/mol. The number of aliphatic hydroxyl groups excluding tert-OH is 1. The molecule has 2 saturated carbocycles. The van der Waals surface area contributed by atoms with Gasteiger partial charge in [0.25, 0.3) is 0 Å². The van der Waals surface area contributed by atoms with Crippen LogP contribution in [0.3, 0.4) is 0 Å². The molecule has 2 aliphatic carbocycles. The van der Waals surface area contributed by atoms with E-state index in [9.17, 15) is 5.11 Å². The van der Waals surface area contributed by atoms with E-state index in [0.29, 0.717) is 18.6 Å². The average Bonchev–Trinajstić information content (AvgIpc) is 2.86. The second-order valence-electron chi connectivity index (χ2n) is 7.21. The first-order chi connectivity index (χ1) is 9.10. The number of hydrogen-bond acceptors (Lipinski definition) is 3. The summed E-state index contributed by atoms with van der Waals surface area (Å²) in [6, 6.07) is 0.486. The highest BCUT2D eigenvalue weighted by Gasteiger charge is 2.40. The topological polar surface area (TPSA) is 58.3 Å². The third-order valence-corrected chi connectivity index (χ3v) is 5.60. The maximum Gasteiger partial charge on any atom is 0.0474 e. The fourth-order valence-electron chi connectivity index (χ4n) is 4.19. The van der Waals surface area contributed by atoms with Crippen molar-refractivity contribution < 1.29 is 5.11 Å². The molecule has 0 heterocycles. The molecule has 0 radical (unpaired) electrons.